The third-order valence-corrected chi connectivity index (χ3v) is 4.46. The van der Waals surface area contributed by atoms with Crippen molar-refractivity contribution in [2.45, 2.75) is 32.8 Å². The molecule has 2 aromatic rings. The lowest BCUT2D eigenvalue weighted by atomic mass is 10.1. The standard InChI is InChI=1S/C21H22N2O4/c1-14(24)16-5-11-19(12-6-16)27-15(2)21(26)22-17-7-9-18(10-8-17)23-13-3-4-20(23)25/h5-12,15H,3-4,13H2,1-2H3,(H,22,26)/t15-/m1/s1. The van der Waals surface area contributed by atoms with Crippen molar-refractivity contribution >= 4 is 29.0 Å². The molecule has 1 fully saturated rings. The molecule has 0 saturated carbocycles. The van der Waals surface area contributed by atoms with Gasteiger partial charge in [0.25, 0.3) is 5.91 Å². The minimum absolute atomic E-state index is 0.0218. The molecule has 0 radical (unpaired) electrons. The Labute approximate surface area is 158 Å². The number of rotatable bonds is 6. The SMILES string of the molecule is CC(=O)c1ccc(O[C@H](C)C(=O)Nc2ccc(N3CCCC3=O)cc2)cc1. The summed E-state index contributed by atoms with van der Waals surface area (Å²) in [4.78, 5) is 37.2. The second kappa shape index (κ2) is 8.03. The van der Waals surface area contributed by atoms with Gasteiger partial charge in [0.05, 0.1) is 0 Å². The zero-order chi connectivity index (χ0) is 19.4. The van der Waals surface area contributed by atoms with E-state index in [0.29, 0.717) is 23.4 Å². The van der Waals surface area contributed by atoms with Crippen LogP contribution in [0.4, 0.5) is 11.4 Å². The number of ether oxygens (including phenoxy) is 1. The summed E-state index contributed by atoms with van der Waals surface area (Å²) in [7, 11) is 0. The Morgan fingerprint density at radius 1 is 1.07 bits per heavy atom. The third kappa shape index (κ3) is 4.53. The van der Waals surface area contributed by atoms with Gasteiger partial charge in [-0.25, -0.2) is 0 Å². The molecule has 0 bridgehead atoms. The number of Topliss-reactive ketones (excluding diaryl/α,β-unsaturated/α-hetero) is 1. The van der Waals surface area contributed by atoms with Crippen LogP contribution in [0.25, 0.3) is 0 Å². The van der Waals surface area contributed by atoms with Gasteiger partial charge in [-0.1, -0.05) is 0 Å². The van der Waals surface area contributed by atoms with Gasteiger partial charge in [0, 0.05) is 29.9 Å². The first-order chi connectivity index (χ1) is 12.9. The summed E-state index contributed by atoms with van der Waals surface area (Å²) >= 11 is 0. The van der Waals surface area contributed by atoms with Crippen LogP contribution in [-0.2, 0) is 9.59 Å². The van der Waals surface area contributed by atoms with Crippen LogP contribution in [0.3, 0.4) is 0 Å². The predicted molar refractivity (Wildman–Crippen MR) is 103 cm³/mol. The summed E-state index contributed by atoms with van der Waals surface area (Å²) in [6.45, 7) is 3.89. The van der Waals surface area contributed by atoms with E-state index < -0.39 is 6.10 Å². The Balaban J connectivity index is 1.57. The molecule has 1 N–H and O–H groups in total. The fraction of sp³-hybridized carbons (Fsp3) is 0.286. The first-order valence-corrected chi connectivity index (χ1v) is 8.93. The molecular formula is C21H22N2O4. The maximum Gasteiger partial charge on any atom is 0.265 e. The van der Waals surface area contributed by atoms with Crippen molar-refractivity contribution in [3.8, 4) is 5.75 Å². The quantitative estimate of drug-likeness (QED) is 0.795. The number of carbonyl (C=O) groups excluding carboxylic acids is 3. The summed E-state index contributed by atoms with van der Waals surface area (Å²) < 4.78 is 5.63. The molecule has 3 rings (SSSR count). The van der Waals surface area contributed by atoms with Gasteiger partial charge in [0.2, 0.25) is 5.91 Å². The Kier molecular flexibility index (Phi) is 5.54. The highest BCUT2D eigenvalue weighted by atomic mass is 16.5. The smallest absolute Gasteiger partial charge is 0.265 e. The number of ketones is 1. The van der Waals surface area contributed by atoms with Gasteiger partial charge in [-0.3, -0.25) is 14.4 Å². The maximum atomic E-state index is 12.3. The highest BCUT2D eigenvalue weighted by Crippen LogP contribution is 2.23. The lowest BCUT2D eigenvalue weighted by Crippen LogP contribution is -2.30. The first-order valence-electron chi connectivity index (χ1n) is 8.93. The van der Waals surface area contributed by atoms with Crippen molar-refractivity contribution in [1.82, 2.24) is 0 Å². The molecule has 1 aliphatic heterocycles. The van der Waals surface area contributed by atoms with E-state index in [9.17, 15) is 14.4 Å². The lowest BCUT2D eigenvalue weighted by Gasteiger charge is -2.17. The molecule has 6 heteroatoms. The van der Waals surface area contributed by atoms with E-state index in [2.05, 4.69) is 5.32 Å². The fourth-order valence-electron chi connectivity index (χ4n) is 2.92. The molecule has 0 spiro atoms. The van der Waals surface area contributed by atoms with Crippen molar-refractivity contribution in [3.63, 3.8) is 0 Å². The third-order valence-electron chi connectivity index (χ3n) is 4.46. The number of hydrogen-bond acceptors (Lipinski definition) is 4. The van der Waals surface area contributed by atoms with Crippen LogP contribution in [0, 0.1) is 0 Å². The van der Waals surface area contributed by atoms with Gasteiger partial charge < -0.3 is 15.0 Å². The summed E-state index contributed by atoms with van der Waals surface area (Å²) in [6, 6.07) is 13.9. The molecule has 140 valence electrons. The molecule has 1 saturated heterocycles. The van der Waals surface area contributed by atoms with Crippen LogP contribution >= 0.6 is 0 Å². The molecule has 0 aromatic heterocycles. The molecule has 2 amide bonds. The summed E-state index contributed by atoms with van der Waals surface area (Å²) in [6.07, 6.45) is 0.758. The molecule has 1 atom stereocenters. The van der Waals surface area contributed by atoms with E-state index in [1.165, 1.54) is 6.92 Å². The molecule has 27 heavy (non-hydrogen) atoms. The normalized spacial score (nSPS) is 14.7. The fourth-order valence-corrected chi connectivity index (χ4v) is 2.92. The van der Waals surface area contributed by atoms with Crippen molar-refractivity contribution in [2.75, 3.05) is 16.8 Å². The van der Waals surface area contributed by atoms with Crippen molar-refractivity contribution in [1.29, 1.82) is 0 Å². The monoisotopic (exact) mass is 366 g/mol. The Hall–Kier alpha value is -3.15. The van der Waals surface area contributed by atoms with Crippen molar-refractivity contribution in [2.24, 2.45) is 0 Å². The molecule has 1 heterocycles. The molecule has 6 nitrogen and oxygen atoms in total. The minimum atomic E-state index is -0.701. The highest BCUT2D eigenvalue weighted by Gasteiger charge is 2.21. The van der Waals surface area contributed by atoms with Crippen LogP contribution in [0.15, 0.2) is 48.5 Å². The molecular weight excluding hydrogens is 344 g/mol. The largest absolute Gasteiger partial charge is 0.481 e. The number of nitrogens with one attached hydrogen (secondary N) is 1. The number of nitrogens with zero attached hydrogens (tertiary/aromatic N) is 1. The number of benzene rings is 2. The average Bonchev–Trinajstić information content (AvgIpc) is 3.08. The molecule has 0 unspecified atom stereocenters. The summed E-state index contributed by atoms with van der Waals surface area (Å²) in [5.41, 5.74) is 2.07. The van der Waals surface area contributed by atoms with E-state index in [4.69, 9.17) is 4.74 Å². The minimum Gasteiger partial charge on any atom is -0.481 e. The predicted octanol–water partition coefficient (Wildman–Crippen LogP) is 3.42. The maximum absolute atomic E-state index is 12.3. The number of anilines is 2. The van der Waals surface area contributed by atoms with Crippen LogP contribution < -0.4 is 15.0 Å². The molecule has 0 aliphatic carbocycles. The summed E-state index contributed by atoms with van der Waals surface area (Å²) in [5, 5.41) is 2.80. The highest BCUT2D eigenvalue weighted by molar-refractivity contribution is 5.97. The average molecular weight is 366 g/mol. The van der Waals surface area contributed by atoms with Crippen LogP contribution in [0.1, 0.15) is 37.0 Å². The van der Waals surface area contributed by atoms with Gasteiger partial charge in [0.1, 0.15) is 5.75 Å². The van der Waals surface area contributed by atoms with E-state index in [1.807, 2.05) is 12.1 Å². The van der Waals surface area contributed by atoms with E-state index in [0.717, 1.165) is 18.7 Å². The molecule has 1 aliphatic rings. The van der Waals surface area contributed by atoms with Crippen LogP contribution in [-0.4, -0.2) is 30.2 Å². The second-order valence-corrected chi connectivity index (χ2v) is 6.53. The Bertz CT molecular complexity index is 843. The van der Waals surface area contributed by atoms with Gasteiger partial charge in [-0.15, -0.1) is 0 Å². The zero-order valence-corrected chi connectivity index (χ0v) is 15.4. The Morgan fingerprint density at radius 2 is 1.74 bits per heavy atom. The van der Waals surface area contributed by atoms with Gasteiger partial charge in [-0.05, 0) is 68.8 Å². The first kappa shape index (κ1) is 18.6. The second-order valence-electron chi connectivity index (χ2n) is 6.53. The van der Waals surface area contributed by atoms with Crippen molar-refractivity contribution < 1.29 is 19.1 Å². The van der Waals surface area contributed by atoms with Crippen molar-refractivity contribution in [3.05, 3.63) is 54.1 Å². The van der Waals surface area contributed by atoms with E-state index in [1.54, 1.807) is 48.2 Å². The van der Waals surface area contributed by atoms with E-state index in [-0.39, 0.29) is 17.6 Å². The van der Waals surface area contributed by atoms with Crippen LogP contribution in [0.2, 0.25) is 0 Å². The number of carbonyl (C=O) groups is 3. The van der Waals surface area contributed by atoms with Gasteiger partial charge in [-0.2, -0.15) is 0 Å². The Morgan fingerprint density at radius 3 is 2.30 bits per heavy atom. The van der Waals surface area contributed by atoms with E-state index >= 15 is 0 Å². The van der Waals surface area contributed by atoms with Gasteiger partial charge in [0.15, 0.2) is 11.9 Å². The van der Waals surface area contributed by atoms with Gasteiger partial charge >= 0.3 is 0 Å². The summed E-state index contributed by atoms with van der Waals surface area (Å²) in [5.74, 6) is 0.345. The zero-order valence-electron chi connectivity index (χ0n) is 15.4. The lowest BCUT2D eigenvalue weighted by molar-refractivity contribution is -0.122. The molecule has 2 aromatic carbocycles. The number of hydrogen-bond donors (Lipinski definition) is 1. The number of amides is 2. The van der Waals surface area contributed by atoms with Crippen LogP contribution in [0.5, 0.6) is 5.75 Å². The topological polar surface area (TPSA) is 75.7 Å².